The molecule has 0 amide bonds. The first-order valence-electron chi connectivity index (χ1n) is 5.51. The molecular weight excluding hydrogens is 267 g/mol. The number of rotatable bonds is 2. The highest BCUT2D eigenvalue weighted by atomic mass is 32.1. The SMILES string of the molecule is Cc1cscc1-c1noc(-c2ccc(O)cc2F)n1. The van der Waals surface area contributed by atoms with Gasteiger partial charge in [0.05, 0.1) is 5.56 Å². The maximum atomic E-state index is 13.7. The molecule has 3 aromatic rings. The predicted octanol–water partition coefficient (Wildman–Crippen LogP) is 3.62. The van der Waals surface area contributed by atoms with E-state index in [4.69, 9.17) is 4.52 Å². The number of nitrogens with zero attached hydrogens (tertiary/aromatic N) is 2. The Hall–Kier alpha value is -2.21. The fourth-order valence-electron chi connectivity index (χ4n) is 1.71. The third-order valence-electron chi connectivity index (χ3n) is 2.71. The molecule has 0 aliphatic carbocycles. The highest BCUT2D eigenvalue weighted by Crippen LogP contribution is 2.29. The smallest absolute Gasteiger partial charge is 0.261 e. The molecule has 0 fully saturated rings. The number of halogens is 1. The van der Waals surface area contributed by atoms with Crippen molar-refractivity contribution in [3.05, 3.63) is 40.3 Å². The number of phenols is 1. The van der Waals surface area contributed by atoms with Crippen molar-refractivity contribution in [2.45, 2.75) is 6.92 Å². The molecule has 2 aromatic heterocycles. The van der Waals surface area contributed by atoms with Crippen LogP contribution >= 0.6 is 11.3 Å². The van der Waals surface area contributed by atoms with Crippen LogP contribution in [0, 0.1) is 12.7 Å². The Bertz CT molecular complexity index is 736. The predicted molar refractivity (Wildman–Crippen MR) is 69.4 cm³/mol. The molecule has 0 aliphatic rings. The van der Waals surface area contributed by atoms with Gasteiger partial charge in [0.1, 0.15) is 11.6 Å². The molecule has 0 spiro atoms. The van der Waals surface area contributed by atoms with Gasteiger partial charge in [-0.15, -0.1) is 0 Å². The quantitative estimate of drug-likeness (QED) is 0.776. The summed E-state index contributed by atoms with van der Waals surface area (Å²) in [7, 11) is 0. The Morgan fingerprint density at radius 3 is 2.79 bits per heavy atom. The van der Waals surface area contributed by atoms with Crippen LogP contribution < -0.4 is 0 Å². The lowest BCUT2D eigenvalue weighted by atomic mass is 10.2. The van der Waals surface area contributed by atoms with Gasteiger partial charge in [-0.25, -0.2) is 4.39 Å². The van der Waals surface area contributed by atoms with Crippen LogP contribution in [0.5, 0.6) is 5.75 Å². The maximum absolute atomic E-state index is 13.7. The first kappa shape index (κ1) is 11.9. The van der Waals surface area contributed by atoms with Gasteiger partial charge in [-0.05, 0) is 30.0 Å². The Morgan fingerprint density at radius 1 is 1.26 bits per heavy atom. The summed E-state index contributed by atoms with van der Waals surface area (Å²) in [6.45, 7) is 1.95. The average molecular weight is 276 g/mol. The number of aryl methyl sites for hydroxylation is 1. The van der Waals surface area contributed by atoms with Gasteiger partial charge in [-0.1, -0.05) is 5.16 Å². The first-order chi connectivity index (χ1) is 9.15. The minimum atomic E-state index is -0.600. The average Bonchev–Trinajstić information content (AvgIpc) is 2.97. The van der Waals surface area contributed by atoms with Crippen molar-refractivity contribution in [3.63, 3.8) is 0 Å². The lowest BCUT2D eigenvalue weighted by Gasteiger charge is -1.97. The monoisotopic (exact) mass is 276 g/mol. The van der Waals surface area contributed by atoms with E-state index >= 15 is 0 Å². The van der Waals surface area contributed by atoms with Crippen LogP contribution in [-0.4, -0.2) is 15.2 Å². The molecule has 1 N–H and O–H groups in total. The lowest BCUT2D eigenvalue weighted by molar-refractivity contribution is 0.428. The van der Waals surface area contributed by atoms with Crippen LogP contribution in [0.2, 0.25) is 0 Å². The summed E-state index contributed by atoms with van der Waals surface area (Å²) >= 11 is 1.54. The standard InChI is InChI=1S/C13H9FN2O2S/c1-7-5-19-6-10(7)12-15-13(18-16-12)9-3-2-8(17)4-11(9)14/h2-6,17H,1H3. The second kappa shape index (κ2) is 4.47. The van der Waals surface area contributed by atoms with Crippen LogP contribution in [0.1, 0.15) is 5.56 Å². The second-order valence-corrected chi connectivity index (χ2v) is 4.80. The summed E-state index contributed by atoms with van der Waals surface area (Å²) < 4.78 is 18.8. The molecule has 0 atom stereocenters. The Morgan fingerprint density at radius 2 is 2.11 bits per heavy atom. The van der Waals surface area contributed by atoms with Crippen molar-refractivity contribution in [2.24, 2.45) is 0 Å². The Balaban J connectivity index is 2.04. The van der Waals surface area contributed by atoms with E-state index in [1.807, 2.05) is 17.7 Å². The number of hydrogen-bond acceptors (Lipinski definition) is 5. The molecule has 0 unspecified atom stereocenters. The number of hydrogen-bond donors (Lipinski definition) is 1. The zero-order valence-electron chi connectivity index (χ0n) is 9.92. The molecular formula is C13H9FN2O2S. The summed E-state index contributed by atoms with van der Waals surface area (Å²) in [6, 6.07) is 3.79. The second-order valence-electron chi connectivity index (χ2n) is 4.06. The number of phenolic OH excluding ortho intramolecular Hbond substituents is 1. The third-order valence-corrected chi connectivity index (χ3v) is 3.57. The normalized spacial score (nSPS) is 10.8. The minimum absolute atomic E-state index is 0.0955. The van der Waals surface area contributed by atoms with E-state index in [-0.39, 0.29) is 17.2 Å². The summed E-state index contributed by atoms with van der Waals surface area (Å²) in [4.78, 5) is 4.18. The first-order valence-corrected chi connectivity index (χ1v) is 6.45. The summed E-state index contributed by atoms with van der Waals surface area (Å²) in [5.41, 5.74) is 2.09. The molecule has 19 heavy (non-hydrogen) atoms. The van der Waals surface area contributed by atoms with Crippen molar-refractivity contribution < 1.29 is 14.0 Å². The van der Waals surface area contributed by atoms with E-state index in [0.717, 1.165) is 17.2 Å². The van der Waals surface area contributed by atoms with E-state index in [9.17, 15) is 9.50 Å². The van der Waals surface area contributed by atoms with Gasteiger partial charge in [-0.3, -0.25) is 0 Å². The van der Waals surface area contributed by atoms with Crippen LogP contribution in [0.4, 0.5) is 4.39 Å². The molecule has 1 aromatic carbocycles. The molecule has 0 aliphatic heterocycles. The van der Waals surface area contributed by atoms with Gasteiger partial charge >= 0.3 is 0 Å². The maximum Gasteiger partial charge on any atom is 0.261 e. The van der Waals surface area contributed by atoms with Gasteiger partial charge in [-0.2, -0.15) is 16.3 Å². The van der Waals surface area contributed by atoms with Crippen LogP contribution in [0.15, 0.2) is 33.5 Å². The molecule has 6 heteroatoms. The minimum Gasteiger partial charge on any atom is -0.508 e. The number of thiophene rings is 1. The van der Waals surface area contributed by atoms with Gasteiger partial charge in [0.2, 0.25) is 5.82 Å². The summed E-state index contributed by atoms with van der Waals surface area (Å²) in [6.07, 6.45) is 0. The van der Waals surface area contributed by atoms with Crippen molar-refractivity contribution in [2.75, 3.05) is 0 Å². The molecule has 0 saturated carbocycles. The van der Waals surface area contributed by atoms with Crippen LogP contribution in [0.3, 0.4) is 0 Å². The molecule has 0 bridgehead atoms. The zero-order valence-corrected chi connectivity index (χ0v) is 10.7. The Labute approximate surface area is 112 Å². The van der Waals surface area contributed by atoms with Crippen LogP contribution in [0.25, 0.3) is 22.8 Å². The van der Waals surface area contributed by atoms with Crippen molar-refractivity contribution in [1.82, 2.24) is 10.1 Å². The molecule has 2 heterocycles. The number of aromatic hydroxyl groups is 1. The van der Waals surface area contributed by atoms with E-state index in [2.05, 4.69) is 10.1 Å². The summed E-state index contributed by atoms with van der Waals surface area (Å²) in [5, 5.41) is 16.9. The zero-order chi connectivity index (χ0) is 13.4. The molecule has 3 rings (SSSR count). The Kier molecular flexibility index (Phi) is 2.79. The van der Waals surface area contributed by atoms with E-state index < -0.39 is 5.82 Å². The number of aromatic nitrogens is 2. The lowest BCUT2D eigenvalue weighted by Crippen LogP contribution is -1.85. The summed E-state index contributed by atoms with van der Waals surface area (Å²) in [5.74, 6) is -0.216. The molecule has 96 valence electrons. The van der Waals surface area contributed by atoms with E-state index in [1.165, 1.54) is 12.1 Å². The highest BCUT2D eigenvalue weighted by Gasteiger charge is 2.16. The molecule has 0 radical (unpaired) electrons. The fraction of sp³-hybridized carbons (Fsp3) is 0.0769. The van der Waals surface area contributed by atoms with Gasteiger partial charge in [0, 0.05) is 17.0 Å². The van der Waals surface area contributed by atoms with Gasteiger partial charge in [0.25, 0.3) is 5.89 Å². The van der Waals surface area contributed by atoms with E-state index in [0.29, 0.717) is 5.82 Å². The highest BCUT2D eigenvalue weighted by molar-refractivity contribution is 7.08. The third kappa shape index (κ3) is 2.10. The van der Waals surface area contributed by atoms with Gasteiger partial charge < -0.3 is 9.63 Å². The van der Waals surface area contributed by atoms with E-state index in [1.54, 1.807) is 11.3 Å². The topological polar surface area (TPSA) is 59.2 Å². The molecule has 4 nitrogen and oxygen atoms in total. The van der Waals surface area contributed by atoms with Crippen molar-refractivity contribution in [1.29, 1.82) is 0 Å². The van der Waals surface area contributed by atoms with Crippen molar-refractivity contribution >= 4 is 11.3 Å². The fourth-order valence-corrected chi connectivity index (χ4v) is 2.54. The molecule has 0 saturated heterocycles. The number of benzene rings is 1. The van der Waals surface area contributed by atoms with Crippen LogP contribution in [-0.2, 0) is 0 Å². The van der Waals surface area contributed by atoms with Crippen molar-refractivity contribution in [3.8, 4) is 28.6 Å². The largest absolute Gasteiger partial charge is 0.508 e. The van der Waals surface area contributed by atoms with Gasteiger partial charge in [0.15, 0.2) is 0 Å².